The Balaban J connectivity index is 0.000000357. The largest absolute Gasteiger partial charge is 0.512 e. The number of hydrogen-bond acceptors (Lipinski definition) is 4. The molecule has 4 aromatic rings. The normalized spacial score (nSPS) is 11.8. The minimum Gasteiger partial charge on any atom is -0.512 e. The van der Waals surface area contributed by atoms with Crippen LogP contribution < -0.4 is 0 Å². The number of aryl methyl sites for hydroxylation is 2. The molecule has 1 aliphatic carbocycles. The first-order valence-corrected chi connectivity index (χ1v) is 10.7. The van der Waals surface area contributed by atoms with Gasteiger partial charge in [-0.15, -0.1) is 34.9 Å². The summed E-state index contributed by atoms with van der Waals surface area (Å²) < 4.78 is 0. The van der Waals surface area contributed by atoms with Crippen LogP contribution in [0.15, 0.2) is 72.6 Å². The maximum absolute atomic E-state index is 12.9. The molecule has 0 aliphatic heterocycles. The Morgan fingerprint density at radius 1 is 0.941 bits per heavy atom. The molecule has 0 bridgehead atoms. The molecule has 0 amide bonds. The van der Waals surface area contributed by atoms with Gasteiger partial charge in [-0.05, 0) is 59.6 Å². The van der Waals surface area contributed by atoms with Crippen LogP contribution in [0.5, 0.6) is 0 Å². The Labute approximate surface area is 212 Å². The Hall–Kier alpha value is -3.40. The van der Waals surface area contributed by atoms with E-state index in [1.807, 2.05) is 49.5 Å². The van der Waals surface area contributed by atoms with Crippen LogP contribution >= 0.6 is 0 Å². The first-order valence-electron chi connectivity index (χ1n) is 10.7. The van der Waals surface area contributed by atoms with Crippen LogP contribution in [0.2, 0.25) is 0 Å². The molecule has 1 heterocycles. The van der Waals surface area contributed by atoms with E-state index < -0.39 is 0 Å². The Morgan fingerprint density at radius 3 is 2.26 bits per heavy atom. The van der Waals surface area contributed by atoms with Gasteiger partial charge in [0.15, 0.2) is 11.6 Å². The number of hydrogen-bond donors (Lipinski definition) is 1. The minimum atomic E-state index is -0.125. The summed E-state index contributed by atoms with van der Waals surface area (Å²) in [5, 5.41) is 10.4. The van der Waals surface area contributed by atoms with E-state index >= 15 is 0 Å². The Bertz CT molecular complexity index is 1430. The molecule has 173 valence electrons. The van der Waals surface area contributed by atoms with Gasteiger partial charge in [0.05, 0.1) is 5.76 Å². The number of benzene rings is 3. The average Bonchev–Trinajstić information content (AvgIpc) is 3.02. The van der Waals surface area contributed by atoms with Gasteiger partial charge in [-0.1, -0.05) is 38.1 Å². The van der Waals surface area contributed by atoms with Crippen molar-refractivity contribution in [3.05, 3.63) is 101 Å². The molecule has 34 heavy (non-hydrogen) atoms. The average molecular weight is 627 g/mol. The number of pyridine rings is 1. The van der Waals surface area contributed by atoms with E-state index in [1.54, 1.807) is 0 Å². The number of aromatic nitrogens is 1. The molecule has 1 aromatic heterocycles. The zero-order valence-electron chi connectivity index (χ0n) is 19.4. The van der Waals surface area contributed by atoms with Crippen LogP contribution in [-0.4, -0.2) is 21.7 Å². The van der Waals surface area contributed by atoms with Crippen molar-refractivity contribution in [2.45, 2.75) is 27.7 Å². The molecule has 5 heteroatoms. The molecule has 0 atom stereocenters. The zero-order valence-corrected chi connectivity index (χ0v) is 21.8. The first kappa shape index (κ1) is 25.2. The predicted molar refractivity (Wildman–Crippen MR) is 131 cm³/mol. The number of nitrogens with zero attached hydrogens (tertiary/aromatic N) is 1. The number of allylic oxidation sites excluding steroid dienone is 2. The molecule has 4 nitrogen and oxygen atoms in total. The van der Waals surface area contributed by atoms with Crippen molar-refractivity contribution in [2.24, 2.45) is 0 Å². The Morgan fingerprint density at radius 2 is 1.65 bits per heavy atom. The maximum atomic E-state index is 12.9. The van der Waals surface area contributed by atoms with E-state index in [9.17, 15) is 9.59 Å². The van der Waals surface area contributed by atoms with Crippen molar-refractivity contribution >= 4 is 22.3 Å². The number of rotatable bonds is 2. The summed E-state index contributed by atoms with van der Waals surface area (Å²) in [6.07, 6.45) is 3.00. The number of aliphatic hydroxyl groups is 1. The minimum absolute atomic E-state index is 0. The molecule has 3 aromatic carbocycles. The summed E-state index contributed by atoms with van der Waals surface area (Å²) >= 11 is 0. The second kappa shape index (κ2) is 10.3. The summed E-state index contributed by atoms with van der Waals surface area (Å²) in [6, 6.07) is 21.5. The topological polar surface area (TPSA) is 67.3 Å². The molecular formula is C29H24IrNO3-. The van der Waals surface area contributed by atoms with E-state index in [1.165, 1.54) is 25.5 Å². The van der Waals surface area contributed by atoms with Crippen molar-refractivity contribution in [3.63, 3.8) is 0 Å². The molecule has 0 unspecified atom stereocenters. The zero-order chi connectivity index (χ0) is 23.7. The van der Waals surface area contributed by atoms with E-state index in [2.05, 4.69) is 36.2 Å². The van der Waals surface area contributed by atoms with E-state index in [4.69, 9.17) is 5.11 Å². The number of aliphatic hydroxyl groups excluding tert-OH is 1. The molecule has 1 N–H and O–H groups in total. The molecule has 5 rings (SSSR count). The van der Waals surface area contributed by atoms with Crippen molar-refractivity contribution < 1.29 is 34.8 Å². The van der Waals surface area contributed by atoms with E-state index in [-0.39, 0.29) is 37.4 Å². The number of ketones is 2. The van der Waals surface area contributed by atoms with Crippen molar-refractivity contribution in [1.29, 1.82) is 0 Å². The van der Waals surface area contributed by atoms with Crippen molar-refractivity contribution in [2.75, 3.05) is 0 Å². The van der Waals surface area contributed by atoms with E-state index in [0.717, 1.165) is 49.8 Å². The van der Waals surface area contributed by atoms with Crippen molar-refractivity contribution in [3.8, 4) is 22.4 Å². The van der Waals surface area contributed by atoms with Gasteiger partial charge in [0.25, 0.3) is 0 Å². The number of carbonyl (C=O) groups is 2. The third kappa shape index (κ3) is 5.06. The molecule has 0 spiro atoms. The molecular weight excluding hydrogens is 603 g/mol. The van der Waals surface area contributed by atoms with Gasteiger partial charge in [0.2, 0.25) is 0 Å². The van der Waals surface area contributed by atoms with Gasteiger partial charge < -0.3 is 10.1 Å². The van der Waals surface area contributed by atoms with Gasteiger partial charge in [0.1, 0.15) is 0 Å². The van der Waals surface area contributed by atoms with Crippen molar-refractivity contribution in [1.82, 2.24) is 4.98 Å². The molecule has 0 fully saturated rings. The quantitative estimate of drug-likeness (QED) is 0.137. The molecule has 0 saturated carbocycles. The third-order valence-electron chi connectivity index (χ3n) is 5.42. The van der Waals surface area contributed by atoms with Crippen LogP contribution in [0.3, 0.4) is 0 Å². The molecule has 1 aliphatic rings. The van der Waals surface area contributed by atoms with Gasteiger partial charge >= 0.3 is 0 Å². The van der Waals surface area contributed by atoms with E-state index in [0.29, 0.717) is 0 Å². The Kier molecular flexibility index (Phi) is 7.61. The number of carbonyl (C=O) groups excluding carboxylic acids is 2. The maximum Gasteiger partial charge on any atom is 0.194 e. The predicted octanol–water partition coefficient (Wildman–Crippen LogP) is 6.56. The summed E-state index contributed by atoms with van der Waals surface area (Å²) in [7, 11) is 0. The fourth-order valence-electron chi connectivity index (χ4n) is 4.22. The van der Waals surface area contributed by atoms with Crippen LogP contribution in [0.4, 0.5) is 0 Å². The monoisotopic (exact) mass is 627 g/mol. The summed E-state index contributed by atoms with van der Waals surface area (Å²) in [6.45, 7) is 6.97. The molecule has 1 radical (unpaired) electrons. The smallest absolute Gasteiger partial charge is 0.194 e. The van der Waals surface area contributed by atoms with Crippen LogP contribution in [0.1, 0.15) is 40.9 Å². The summed E-state index contributed by atoms with van der Waals surface area (Å²) in [5.41, 5.74) is 7.69. The van der Waals surface area contributed by atoms with Crippen LogP contribution in [-0.2, 0) is 24.9 Å². The fourth-order valence-corrected chi connectivity index (χ4v) is 4.22. The first-order chi connectivity index (χ1) is 15.7. The fraction of sp³-hybridized carbons (Fsp3) is 0.138. The van der Waals surface area contributed by atoms with Crippen LogP contribution in [0.25, 0.3) is 33.2 Å². The van der Waals surface area contributed by atoms with Gasteiger partial charge in [-0.25, -0.2) is 0 Å². The van der Waals surface area contributed by atoms with Gasteiger partial charge in [-0.3, -0.25) is 9.59 Å². The second-order valence-electron chi connectivity index (χ2n) is 8.30. The third-order valence-corrected chi connectivity index (χ3v) is 5.42. The van der Waals surface area contributed by atoms with Gasteiger partial charge in [0, 0.05) is 43.5 Å². The molecule has 0 saturated heterocycles. The summed E-state index contributed by atoms with van der Waals surface area (Å²) in [5.74, 6) is 0.0317. The summed E-state index contributed by atoms with van der Waals surface area (Å²) in [4.78, 5) is 27.5. The SMILES string of the molecule is CC(=O)/C=C(/C)O.Cc1[c-]c(-c2nccc3cc4c(cc23)C(=O)c2ccccc2-4)cc(C)c1.[Ir]. The van der Waals surface area contributed by atoms with Gasteiger partial charge in [-0.2, -0.15) is 0 Å². The number of fused-ring (bicyclic) bond motifs is 4. The second-order valence-corrected chi connectivity index (χ2v) is 8.30. The standard InChI is InChI=1S/C24H16NO.C5H8O2.Ir/c1-14-9-15(2)11-17(10-14)23-20-13-22-21(12-16(20)7-8-25-23)18-5-3-4-6-19(18)24(22)26;1-4(6)3-5(2)7;/h3-10,12-13H,1-2H3;3,6H,1-2H3;/q-1;;/b;4-3-;. The van der Waals surface area contributed by atoms with Crippen LogP contribution in [0, 0.1) is 19.9 Å².